The number of carbonyl (C=O) groups excluding carboxylic acids is 1. The monoisotopic (exact) mass is 392 g/mol. The predicted molar refractivity (Wildman–Crippen MR) is 120 cm³/mol. The van der Waals surface area contributed by atoms with Crippen LogP contribution in [0.3, 0.4) is 0 Å². The smallest absolute Gasteiger partial charge is 0.248 e. The van der Waals surface area contributed by atoms with Gasteiger partial charge in [-0.25, -0.2) is 0 Å². The van der Waals surface area contributed by atoms with Gasteiger partial charge in [0.05, 0.1) is 0 Å². The van der Waals surface area contributed by atoms with Gasteiger partial charge in [0.1, 0.15) is 11.9 Å². The average molecular weight is 393 g/mol. The quantitative estimate of drug-likeness (QED) is 0.719. The van der Waals surface area contributed by atoms with Crippen molar-refractivity contribution in [3.8, 4) is 5.75 Å². The van der Waals surface area contributed by atoms with Gasteiger partial charge in [-0.15, -0.1) is 0 Å². The van der Waals surface area contributed by atoms with Crippen molar-refractivity contribution in [2.75, 3.05) is 25.5 Å². The van der Waals surface area contributed by atoms with E-state index in [9.17, 15) is 4.79 Å². The van der Waals surface area contributed by atoms with Crippen molar-refractivity contribution in [1.82, 2.24) is 4.90 Å². The molecule has 0 aliphatic carbocycles. The topological polar surface area (TPSA) is 41.6 Å². The Morgan fingerprint density at radius 3 is 2.24 bits per heavy atom. The normalized spacial score (nSPS) is 16.1. The fourth-order valence-electron chi connectivity index (χ4n) is 3.36. The second kappa shape index (κ2) is 9.27. The standard InChI is InChI=1S/C25H32N2O2/c1-25(2,3)20-8-5-19(6-9-20)7-14-24(28)26-21-10-12-22(13-11-21)29-23-15-17-27(4)18-16-23/h5-14,23H,15-18H2,1-4H3,(H,26,28)/b14-7+. The molecule has 3 rings (SSSR count). The molecule has 1 aliphatic heterocycles. The molecule has 1 fully saturated rings. The molecular weight excluding hydrogens is 360 g/mol. The van der Waals surface area contributed by atoms with Crippen molar-refractivity contribution in [2.24, 2.45) is 0 Å². The van der Waals surface area contributed by atoms with Gasteiger partial charge in [-0.3, -0.25) is 4.79 Å². The largest absolute Gasteiger partial charge is 0.490 e. The molecule has 29 heavy (non-hydrogen) atoms. The van der Waals surface area contributed by atoms with Gasteiger partial charge in [-0.05, 0) is 66.8 Å². The molecule has 0 radical (unpaired) electrons. The van der Waals surface area contributed by atoms with Crippen LogP contribution in [0.25, 0.3) is 6.08 Å². The molecule has 0 atom stereocenters. The maximum atomic E-state index is 12.2. The van der Waals surface area contributed by atoms with E-state index >= 15 is 0 Å². The Bertz CT molecular complexity index is 825. The lowest BCUT2D eigenvalue weighted by Gasteiger charge is -2.29. The summed E-state index contributed by atoms with van der Waals surface area (Å²) >= 11 is 0. The van der Waals surface area contributed by atoms with Crippen LogP contribution in [0.5, 0.6) is 5.75 Å². The van der Waals surface area contributed by atoms with Crippen LogP contribution in [-0.2, 0) is 10.2 Å². The number of hydrogen-bond donors (Lipinski definition) is 1. The van der Waals surface area contributed by atoms with Crippen molar-refractivity contribution < 1.29 is 9.53 Å². The summed E-state index contributed by atoms with van der Waals surface area (Å²) in [7, 11) is 2.14. The highest BCUT2D eigenvalue weighted by molar-refractivity contribution is 6.01. The number of nitrogens with zero attached hydrogens (tertiary/aromatic N) is 1. The van der Waals surface area contributed by atoms with Gasteiger partial charge < -0.3 is 15.0 Å². The lowest BCUT2D eigenvalue weighted by Crippen LogP contribution is -2.35. The molecule has 154 valence electrons. The van der Waals surface area contributed by atoms with Gasteiger partial charge in [-0.2, -0.15) is 0 Å². The first-order valence-electron chi connectivity index (χ1n) is 10.3. The minimum Gasteiger partial charge on any atom is -0.490 e. The third kappa shape index (κ3) is 6.47. The van der Waals surface area contributed by atoms with E-state index in [1.54, 1.807) is 6.08 Å². The Morgan fingerprint density at radius 2 is 1.66 bits per heavy atom. The summed E-state index contributed by atoms with van der Waals surface area (Å²) < 4.78 is 6.05. The highest BCUT2D eigenvalue weighted by Gasteiger charge is 2.18. The Balaban J connectivity index is 1.50. The number of anilines is 1. The minimum atomic E-state index is -0.145. The van der Waals surface area contributed by atoms with Crippen molar-refractivity contribution in [2.45, 2.75) is 45.1 Å². The first-order chi connectivity index (χ1) is 13.8. The summed E-state index contributed by atoms with van der Waals surface area (Å²) in [6.07, 6.45) is 5.78. The Labute approximate surface area is 174 Å². The zero-order valence-electron chi connectivity index (χ0n) is 17.9. The summed E-state index contributed by atoms with van der Waals surface area (Å²) in [4.78, 5) is 14.5. The molecular formula is C25H32N2O2. The summed E-state index contributed by atoms with van der Waals surface area (Å²) in [5.41, 5.74) is 3.18. The molecule has 2 aromatic rings. The molecule has 1 aliphatic rings. The van der Waals surface area contributed by atoms with Crippen molar-refractivity contribution in [1.29, 1.82) is 0 Å². The highest BCUT2D eigenvalue weighted by Crippen LogP contribution is 2.23. The van der Waals surface area contributed by atoms with Crippen LogP contribution in [0.2, 0.25) is 0 Å². The van der Waals surface area contributed by atoms with E-state index in [-0.39, 0.29) is 17.4 Å². The molecule has 4 heteroatoms. The van der Waals surface area contributed by atoms with E-state index in [1.165, 1.54) is 5.56 Å². The number of ether oxygens (including phenoxy) is 1. The SMILES string of the molecule is CN1CCC(Oc2ccc(NC(=O)/C=C/c3ccc(C(C)(C)C)cc3)cc2)CC1. The van der Waals surface area contributed by atoms with Gasteiger partial charge in [0, 0.05) is 24.9 Å². The van der Waals surface area contributed by atoms with Gasteiger partial charge in [0.2, 0.25) is 5.91 Å². The van der Waals surface area contributed by atoms with Crippen LogP contribution in [0, 0.1) is 0 Å². The minimum absolute atomic E-state index is 0.128. The third-order valence-corrected chi connectivity index (χ3v) is 5.29. The summed E-state index contributed by atoms with van der Waals surface area (Å²) in [5, 5.41) is 2.90. The van der Waals surface area contributed by atoms with Crippen LogP contribution < -0.4 is 10.1 Å². The highest BCUT2D eigenvalue weighted by atomic mass is 16.5. The third-order valence-electron chi connectivity index (χ3n) is 5.29. The molecule has 0 unspecified atom stereocenters. The zero-order chi connectivity index (χ0) is 20.9. The molecule has 1 N–H and O–H groups in total. The summed E-state index contributed by atoms with van der Waals surface area (Å²) in [6.45, 7) is 8.72. The van der Waals surface area contributed by atoms with Crippen molar-refractivity contribution >= 4 is 17.7 Å². The maximum absolute atomic E-state index is 12.2. The Kier molecular flexibility index (Phi) is 6.75. The van der Waals surface area contributed by atoms with Gasteiger partial charge in [0.15, 0.2) is 0 Å². The number of hydrogen-bond acceptors (Lipinski definition) is 3. The Hall–Kier alpha value is -2.59. The van der Waals surface area contributed by atoms with E-state index in [0.29, 0.717) is 0 Å². The number of carbonyl (C=O) groups is 1. The van der Waals surface area contributed by atoms with E-state index in [4.69, 9.17) is 4.74 Å². The fourth-order valence-corrected chi connectivity index (χ4v) is 3.36. The molecule has 0 spiro atoms. The molecule has 2 aromatic carbocycles. The van der Waals surface area contributed by atoms with Crippen LogP contribution in [0.4, 0.5) is 5.69 Å². The van der Waals surface area contributed by atoms with E-state index in [0.717, 1.165) is 42.9 Å². The van der Waals surface area contributed by atoms with E-state index < -0.39 is 0 Å². The van der Waals surface area contributed by atoms with Gasteiger partial charge >= 0.3 is 0 Å². The number of rotatable bonds is 5. The summed E-state index contributed by atoms with van der Waals surface area (Å²) in [5.74, 6) is 0.709. The number of nitrogens with one attached hydrogen (secondary N) is 1. The Morgan fingerprint density at radius 1 is 1.03 bits per heavy atom. The van der Waals surface area contributed by atoms with E-state index in [2.05, 4.69) is 50.2 Å². The molecule has 0 saturated carbocycles. The van der Waals surface area contributed by atoms with Crippen molar-refractivity contribution in [3.63, 3.8) is 0 Å². The number of piperidine rings is 1. The lowest BCUT2D eigenvalue weighted by molar-refractivity contribution is -0.111. The average Bonchev–Trinajstić information content (AvgIpc) is 2.69. The predicted octanol–water partition coefficient (Wildman–Crippen LogP) is 5.11. The van der Waals surface area contributed by atoms with Crippen LogP contribution in [-0.4, -0.2) is 37.0 Å². The molecule has 1 saturated heterocycles. The number of benzene rings is 2. The summed E-state index contributed by atoms with van der Waals surface area (Å²) in [6, 6.07) is 15.9. The van der Waals surface area contributed by atoms with Gasteiger partial charge in [-0.1, -0.05) is 45.0 Å². The lowest BCUT2D eigenvalue weighted by atomic mass is 9.87. The number of likely N-dealkylation sites (tertiary alicyclic amines) is 1. The van der Waals surface area contributed by atoms with E-state index in [1.807, 2.05) is 42.5 Å². The fraction of sp³-hybridized carbons (Fsp3) is 0.400. The molecule has 1 amide bonds. The molecule has 4 nitrogen and oxygen atoms in total. The molecule has 1 heterocycles. The van der Waals surface area contributed by atoms with Gasteiger partial charge in [0.25, 0.3) is 0 Å². The molecule has 0 aromatic heterocycles. The second-order valence-electron chi connectivity index (χ2n) is 8.84. The first kappa shape index (κ1) is 21.1. The number of amides is 1. The van der Waals surface area contributed by atoms with Crippen molar-refractivity contribution in [3.05, 3.63) is 65.7 Å². The van der Waals surface area contributed by atoms with Crippen LogP contribution in [0.1, 0.15) is 44.7 Å². The van der Waals surface area contributed by atoms with Crippen LogP contribution in [0.15, 0.2) is 54.6 Å². The molecule has 0 bridgehead atoms. The van der Waals surface area contributed by atoms with Crippen LogP contribution >= 0.6 is 0 Å². The first-order valence-corrected chi connectivity index (χ1v) is 10.3. The maximum Gasteiger partial charge on any atom is 0.248 e. The zero-order valence-corrected chi connectivity index (χ0v) is 17.9. The second-order valence-corrected chi connectivity index (χ2v) is 8.84.